The molecule has 168 valence electrons. The summed E-state index contributed by atoms with van der Waals surface area (Å²) in [6.45, 7) is 8.74. The first-order valence-corrected chi connectivity index (χ1v) is 11.9. The Morgan fingerprint density at radius 2 is 1.18 bits per heavy atom. The molecule has 0 aromatic heterocycles. The summed E-state index contributed by atoms with van der Waals surface area (Å²) in [5, 5.41) is 8.81. The van der Waals surface area contributed by atoms with Crippen molar-refractivity contribution in [2.24, 2.45) is 5.92 Å². The Labute approximate surface area is 174 Å². The van der Waals surface area contributed by atoms with E-state index in [1.165, 1.54) is 70.6 Å². The molecule has 0 aliphatic heterocycles. The number of hydrogen-bond donors (Lipinski definition) is 1. The molecule has 0 aromatic rings. The number of rotatable bonds is 18. The molecule has 28 heavy (non-hydrogen) atoms. The molecule has 0 fully saturated rings. The van der Waals surface area contributed by atoms with Gasteiger partial charge in [-0.25, -0.2) is 0 Å². The predicted octanol–water partition coefficient (Wildman–Crippen LogP) is 7.54. The van der Waals surface area contributed by atoms with Gasteiger partial charge in [0.05, 0.1) is 12.5 Å². The molecule has 1 N–H and O–H groups in total. The van der Waals surface area contributed by atoms with E-state index in [0.29, 0.717) is 13.0 Å². The van der Waals surface area contributed by atoms with Gasteiger partial charge in [-0.1, -0.05) is 97.8 Å². The van der Waals surface area contributed by atoms with Gasteiger partial charge in [0.2, 0.25) is 0 Å². The van der Waals surface area contributed by atoms with E-state index in [2.05, 4.69) is 13.8 Å². The minimum Gasteiger partial charge on any atom is -0.481 e. The van der Waals surface area contributed by atoms with E-state index in [1.54, 1.807) is 0 Å². The molecule has 1 unspecified atom stereocenters. The fourth-order valence-corrected chi connectivity index (χ4v) is 3.13. The fraction of sp³-hybridized carbons (Fsp3) is 0.917. The number of carboxylic acids is 1. The first kappa shape index (κ1) is 29.1. The maximum absolute atomic E-state index is 11.0. The van der Waals surface area contributed by atoms with Gasteiger partial charge in [-0.05, 0) is 26.2 Å². The van der Waals surface area contributed by atoms with Crippen molar-refractivity contribution in [3.05, 3.63) is 0 Å². The minimum atomic E-state index is -0.624. The van der Waals surface area contributed by atoms with Crippen molar-refractivity contribution in [3.8, 4) is 0 Å². The van der Waals surface area contributed by atoms with Crippen LogP contribution >= 0.6 is 0 Å². The number of carbonyl (C=O) groups excluding carboxylic acids is 1. The van der Waals surface area contributed by atoms with Crippen LogP contribution in [0.1, 0.15) is 130 Å². The Kier molecular flexibility index (Phi) is 25.0. The summed E-state index contributed by atoms with van der Waals surface area (Å²) in [4.78, 5) is 21.7. The number of hydrogen-bond acceptors (Lipinski definition) is 3. The summed E-state index contributed by atoms with van der Waals surface area (Å²) in [6, 6.07) is 0. The monoisotopic (exact) mass is 400 g/mol. The summed E-state index contributed by atoms with van der Waals surface area (Å²) < 4.78 is 4.85. The number of aliphatic carboxylic acids is 1. The standard InChI is InChI=1S/2C12H24O2/c1-3-5-6-7-8-9-10-11-12(13)14-4-2;1-3-5-6-7-8-9-10-11(4-2)12(13)14/h3-11H2,1-2H3;11H,3-10H2,1-2H3,(H,13,14). The lowest BCUT2D eigenvalue weighted by molar-refractivity contribution is -0.143. The largest absolute Gasteiger partial charge is 0.481 e. The first-order valence-electron chi connectivity index (χ1n) is 11.9. The third kappa shape index (κ3) is 23.0. The zero-order valence-electron chi connectivity index (χ0n) is 19.3. The second-order valence-corrected chi connectivity index (χ2v) is 7.68. The van der Waals surface area contributed by atoms with Crippen molar-refractivity contribution >= 4 is 11.9 Å². The van der Waals surface area contributed by atoms with Gasteiger partial charge in [0.15, 0.2) is 0 Å². The van der Waals surface area contributed by atoms with Gasteiger partial charge in [-0.2, -0.15) is 0 Å². The fourth-order valence-electron chi connectivity index (χ4n) is 3.13. The lowest BCUT2D eigenvalue weighted by Gasteiger charge is -2.08. The van der Waals surface area contributed by atoms with E-state index < -0.39 is 5.97 Å². The Morgan fingerprint density at radius 3 is 1.61 bits per heavy atom. The van der Waals surface area contributed by atoms with E-state index >= 15 is 0 Å². The normalized spacial score (nSPS) is 11.4. The molecule has 0 amide bonds. The van der Waals surface area contributed by atoms with E-state index in [0.717, 1.165) is 25.7 Å². The lowest BCUT2D eigenvalue weighted by Crippen LogP contribution is -2.12. The molecule has 0 radical (unpaired) electrons. The third-order valence-corrected chi connectivity index (χ3v) is 5.04. The summed E-state index contributed by atoms with van der Waals surface area (Å²) in [6.07, 6.45) is 18.4. The van der Waals surface area contributed by atoms with Crippen LogP contribution in [0.2, 0.25) is 0 Å². The highest BCUT2D eigenvalue weighted by molar-refractivity contribution is 5.69. The molecule has 0 heterocycles. The quantitative estimate of drug-likeness (QED) is 0.191. The maximum Gasteiger partial charge on any atom is 0.306 e. The second kappa shape index (κ2) is 24.0. The van der Waals surface area contributed by atoms with Crippen LogP contribution in [0.4, 0.5) is 0 Å². The molecule has 0 aromatic carbocycles. The van der Waals surface area contributed by atoms with Crippen LogP contribution in [-0.2, 0) is 14.3 Å². The molecule has 4 heteroatoms. The number of carbonyl (C=O) groups is 2. The molecular weight excluding hydrogens is 352 g/mol. The van der Waals surface area contributed by atoms with Crippen molar-refractivity contribution in [1.29, 1.82) is 0 Å². The van der Waals surface area contributed by atoms with Crippen LogP contribution in [0, 0.1) is 5.92 Å². The highest BCUT2D eigenvalue weighted by Gasteiger charge is 2.13. The maximum atomic E-state index is 11.0. The molecule has 1 atom stereocenters. The van der Waals surface area contributed by atoms with Crippen molar-refractivity contribution in [2.75, 3.05) is 6.61 Å². The van der Waals surface area contributed by atoms with E-state index in [1.807, 2.05) is 13.8 Å². The summed E-state index contributed by atoms with van der Waals surface area (Å²) in [5.41, 5.74) is 0. The molecule has 0 saturated heterocycles. The zero-order valence-corrected chi connectivity index (χ0v) is 19.3. The van der Waals surface area contributed by atoms with Crippen LogP contribution in [0.15, 0.2) is 0 Å². The molecule has 4 nitrogen and oxygen atoms in total. The number of ether oxygens (including phenoxy) is 1. The predicted molar refractivity (Wildman–Crippen MR) is 119 cm³/mol. The highest BCUT2D eigenvalue weighted by Crippen LogP contribution is 2.15. The first-order chi connectivity index (χ1) is 13.5. The average Bonchev–Trinajstić information content (AvgIpc) is 2.67. The van der Waals surface area contributed by atoms with Gasteiger partial charge >= 0.3 is 11.9 Å². The number of esters is 1. The topological polar surface area (TPSA) is 63.6 Å². The molecular formula is C24H48O4. The average molecular weight is 401 g/mol. The molecule has 0 rings (SSSR count). The highest BCUT2D eigenvalue weighted by atomic mass is 16.5. The lowest BCUT2D eigenvalue weighted by atomic mass is 9.98. The van der Waals surface area contributed by atoms with Crippen LogP contribution in [0.5, 0.6) is 0 Å². The van der Waals surface area contributed by atoms with Crippen LogP contribution in [-0.4, -0.2) is 23.7 Å². The number of carboxylic acid groups (broad SMARTS) is 1. The molecule has 0 saturated carbocycles. The molecule has 0 bridgehead atoms. The van der Waals surface area contributed by atoms with Crippen molar-refractivity contribution < 1.29 is 19.4 Å². The van der Waals surface area contributed by atoms with Crippen LogP contribution < -0.4 is 0 Å². The van der Waals surface area contributed by atoms with Gasteiger partial charge in [0.25, 0.3) is 0 Å². The van der Waals surface area contributed by atoms with E-state index in [9.17, 15) is 9.59 Å². The van der Waals surface area contributed by atoms with Gasteiger partial charge in [0.1, 0.15) is 0 Å². The molecule has 0 aliphatic rings. The van der Waals surface area contributed by atoms with Gasteiger partial charge in [-0.3, -0.25) is 9.59 Å². The Bertz CT molecular complexity index is 339. The SMILES string of the molecule is CCCCCCCCC(CC)C(=O)O.CCCCCCCCCC(=O)OCC. The molecule has 0 aliphatic carbocycles. The van der Waals surface area contributed by atoms with Crippen molar-refractivity contribution in [2.45, 2.75) is 130 Å². The van der Waals surface area contributed by atoms with E-state index in [4.69, 9.17) is 9.84 Å². The minimum absolute atomic E-state index is 0.0407. The van der Waals surface area contributed by atoms with Gasteiger partial charge in [0, 0.05) is 6.42 Å². The van der Waals surface area contributed by atoms with Crippen LogP contribution in [0.3, 0.4) is 0 Å². The van der Waals surface area contributed by atoms with Gasteiger partial charge < -0.3 is 9.84 Å². The number of unbranched alkanes of at least 4 members (excludes halogenated alkanes) is 11. The summed E-state index contributed by atoms with van der Waals surface area (Å²) in [7, 11) is 0. The Balaban J connectivity index is 0. The van der Waals surface area contributed by atoms with Crippen molar-refractivity contribution in [1.82, 2.24) is 0 Å². The summed E-state index contributed by atoms with van der Waals surface area (Å²) >= 11 is 0. The smallest absolute Gasteiger partial charge is 0.306 e. The summed E-state index contributed by atoms with van der Waals surface area (Å²) in [5.74, 6) is -0.775. The Hall–Kier alpha value is -1.06. The van der Waals surface area contributed by atoms with Gasteiger partial charge in [-0.15, -0.1) is 0 Å². The van der Waals surface area contributed by atoms with E-state index in [-0.39, 0.29) is 11.9 Å². The zero-order chi connectivity index (χ0) is 21.5. The Morgan fingerprint density at radius 1 is 0.714 bits per heavy atom. The second-order valence-electron chi connectivity index (χ2n) is 7.68. The third-order valence-electron chi connectivity index (χ3n) is 5.04. The molecule has 0 spiro atoms. The van der Waals surface area contributed by atoms with Crippen molar-refractivity contribution in [3.63, 3.8) is 0 Å². The van der Waals surface area contributed by atoms with Crippen LogP contribution in [0.25, 0.3) is 0 Å².